The van der Waals surface area contributed by atoms with Gasteiger partial charge in [0, 0.05) is 6.04 Å². The Morgan fingerprint density at radius 1 is 1.50 bits per heavy atom. The van der Waals surface area contributed by atoms with Crippen LogP contribution in [0.4, 0.5) is 5.69 Å². The smallest absolute Gasteiger partial charge is 0.122 e. The van der Waals surface area contributed by atoms with E-state index in [0.29, 0.717) is 16.7 Å². The summed E-state index contributed by atoms with van der Waals surface area (Å²) in [5, 5.41) is 7.68. The molecule has 0 saturated carbocycles. The van der Waals surface area contributed by atoms with E-state index in [1.54, 1.807) is 17.5 Å². The Labute approximate surface area is 116 Å². The molecule has 0 fully saturated rings. The maximum absolute atomic E-state index is 5.51. The van der Waals surface area contributed by atoms with Crippen LogP contribution in [0, 0.1) is 0 Å². The highest BCUT2D eigenvalue weighted by molar-refractivity contribution is 7.80. The first-order valence-corrected chi connectivity index (χ1v) is 7.03. The fraction of sp³-hybridized carbons (Fsp3) is 0.231. The predicted molar refractivity (Wildman–Crippen MR) is 81.2 cm³/mol. The lowest BCUT2D eigenvalue weighted by molar-refractivity contribution is 0.792. The normalized spacial score (nSPS) is 12.1. The number of nitrogens with two attached hydrogens (primary N) is 1. The zero-order valence-corrected chi connectivity index (χ0v) is 11.7. The van der Waals surface area contributed by atoms with E-state index in [1.807, 2.05) is 12.1 Å². The van der Waals surface area contributed by atoms with Crippen molar-refractivity contribution in [2.75, 3.05) is 5.32 Å². The van der Waals surface area contributed by atoms with Crippen molar-refractivity contribution in [3.05, 3.63) is 46.4 Å². The van der Waals surface area contributed by atoms with E-state index in [4.69, 9.17) is 18.0 Å². The van der Waals surface area contributed by atoms with E-state index in [2.05, 4.69) is 34.1 Å². The molecule has 0 amide bonds. The number of pyridine rings is 1. The fourth-order valence-electron chi connectivity index (χ4n) is 1.72. The molecule has 0 aliphatic carbocycles. The molecular formula is C13H15N3S2. The minimum absolute atomic E-state index is 0.327. The monoisotopic (exact) mass is 277 g/mol. The zero-order chi connectivity index (χ0) is 13.0. The molecule has 2 rings (SSSR count). The summed E-state index contributed by atoms with van der Waals surface area (Å²) < 4.78 is 0. The maximum Gasteiger partial charge on any atom is 0.122 e. The molecule has 0 radical (unpaired) electrons. The van der Waals surface area contributed by atoms with Gasteiger partial charge in [-0.15, -0.1) is 0 Å². The Morgan fingerprint density at radius 2 is 2.33 bits per heavy atom. The molecule has 2 heterocycles. The van der Waals surface area contributed by atoms with Gasteiger partial charge in [-0.25, -0.2) is 0 Å². The quantitative estimate of drug-likeness (QED) is 0.825. The molecule has 1 unspecified atom stereocenters. The van der Waals surface area contributed by atoms with Crippen LogP contribution in [0.25, 0.3) is 0 Å². The van der Waals surface area contributed by atoms with Gasteiger partial charge in [-0.3, -0.25) is 4.98 Å². The lowest BCUT2D eigenvalue weighted by Gasteiger charge is -2.14. The molecule has 94 valence electrons. The minimum atomic E-state index is 0.327. The van der Waals surface area contributed by atoms with Crippen LogP contribution in [0.5, 0.6) is 0 Å². The van der Waals surface area contributed by atoms with Gasteiger partial charge in [-0.2, -0.15) is 11.3 Å². The van der Waals surface area contributed by atoms with E-state index >= 15 is 0 Å². The molecular weight excluding hydrogens is 262 g/mol. The van der Waals surface area contributed by atoms with Crippen molar-refractivity contribution < 1.29 is 0 Å². The highest BCUT2D eigenvalue weighted by Gasteiger charge is 2.05. The number of nitrogens with zero attached hydrogens (tertiary/aromatic N) is 1. The molecule has 0 aliphatic heterocycles. The summed E-state index contributed by atoms with van der Waals surface area (Å²) in [5.41, 5.74) is 8.50. The van der Waals surface area contributed by atoms with Crippen LogP contribution in [0.15, 0.2) is 35.2 Å². The number of aromatic nitrogens is 1. The Balaban J connectivity index is 1.94. The summed E-state index contributed by atoms with van der Waals surface area (Å²) in [4.78, 5) is 4.53. The lowest BCUT2D eigenvalue weighted by atomic mass is 10.1. The van der Waals surface area contributed by atoms with Gasteiger partial charge in [0.05, 0.1) is 17.6 Å². The number of nitrogens with one attached hydrogen (secondary N) is 1. The molecule has 3 N–H and O–H groups in total. The summed E-state index contributed by atoms with van der Waals surface area (Å²) in [6.45, 7) is 2.15. The van der Waals surface area contributed by atoms with Crippen molar-refractivity contribution in [1.82, 2.24) is 4.98 Å². The van der Waals surface area contributed by atoms with Gasteiger partial charge in [0.2, 0.25) is 0 Å². The summed E-state index contributed by atoms with van der Waals surface area (Å²) in [5.74, 6) is 0. The number of hydrogen-bond acceptors (Lipinski definition) is 4. The number of hydrogen-bond donors (Lipinski definition) is 2. The van der Waals surface area contributed by atoms with Gasteiger partial charge in [0.25, 0.3) is 0 Å². The Kier molecular flexibility index (Phi) is 4.28. The largest absolute Gasteiger partial charge is 0.388 e. The highest BCUT2D eigenvalue weighted by atomic mass is 32.1. The Hall–Kier alpha value is -1.46. The molecule has 5 heteroatoms. The summed E-state index contributed by atoms with van der Waals surface area (Å²) in [7, 11) is 0. The van der Waals surface area contributed by atoms with E-state index in [9.17, 15) is 0 Å². The summed E-state index contributed by atoms with van der Waals surface area (Å²) in [6.07, 6.45) is 2.76. The second-order valence-corrected chi connectivity index (χ2v) is 5.40. The van der Waals surface area contributed by atoms with E-state index < -0.39 is 0 Å². The van der Waals surface area contributed by atoms with Crippen molar-refractivity contribution in [3.63, 3.8) is 0 Å². The highest BCUT2D eigenvalue weighted by Crippen LogP contribution is 2.13. The van der Waals surface area contributed by atoms with Crippen LogP contribution in [0.3, 0.4) is 0 Å². The first-order valence-electron chi connectivity index (χ1n) is 5.68. The topological polar surface area (TPSA) is 50.9 Å². The third-order valence-electron chi connectivity index (χ3n) is 2.55. The average molecular weight is 277 g/mol. The van der Waals surface area contributed by atoms with Crippen LogP contribution in [-0.4, -0.2) is 16.0 Å². The number of rotatable bonds is 5. The van der Waals surface area contributed by atoms with Gasteiger partial charge >= 0.3 is 0 Å². The SMILES string of the molecule is CC(Cc1ccsc1)Nc1ccc(C(N)=S)nc1. The lowest BCUT2D eigenvalue weighted by Crippen LogP contribution is -2.18. The molecule has 0 aromatic carbocycles. The Bertz CT molecular complexity index is 506. The molecule has 2 aromatic heterocycles. The third kappa shape index (κ3) is 3.51. The van der Waals surface area contributed by atoms with Crippen molar-refractivity contribution in [1.29, 1.82) is 0 Å². The van der Waals surface area contributed by atoms with Crippen molar-refractivity contribution in [3.8, 4) is 0 Å². The van der Waals surface area contributed by atoms with Crippen LogP contribution < -0.4 is 11.1 Å². The Morgan fingerprint density at radius 3 is 2.89 bits per heavy atom. The average Bonchev–Trinajstić information content (AvgIpc) is 2.82. The van der Waals surface area contributed by atoms with Crippen molar-refractivity contribution in [2.24, 2.45) is 5.73 Å². The molecule has 0 bridgehead atoms. The zero-order valence-electron chi connectivity index (χ0n) is 10.1. The second-order valence-electron chi connectivity index (χ2n) is 4.18. The van der Waals surface area contributed by atoms with E-state index in [-0.39, 0.29) is 0 Å². The third-order valence-corrected chi connectivity index (χ3v) is 3.49. The van der Waals surface area contributed by atoms with Crippen LogP contribution in [0.1, 0.15) is 18.2 Å². The first kappa shape index (κ1) is 13.0. The van der Waals surface area contributed by atoms with Gasteiger partial charge in [-0.1, -0.05) is 12.2 Å². The van der Waals surface area contributed by atoms with E-state index in [0.717, 1.165) is 12.1 Å². The number of anilines is 1. The van der Waals surface area contributed by atoms with Gasteiger partial charge in [0.1, 0.15) is 4.99 Å². The van der Waals surface area contributed by atoms with Gasteiger partial charge in [0.15, 0.2) is 0 Å². The molecule has 18 heavy (non-hydrogen) atoms. The first-order chi connectivity index (χ1) is 8.65. The molecule has 2 aromatic rings. The molecule has 0 saturated heterocycles. The number of thiocarbonyl (C=S) groups is 1. The van der Waals surface area contributed by atoms with Crippen LogP contribution >= 0.6 is 23.6 Å². The van der Waals surface area contributed by atoms with Crippen LogP contribution in [-0.2, 0) is 6.42 Å². The maximum atomic E-state index is 5.51. The number of thiophene rings is 1. The fourth-order valence-corrected chi connectivity index (χ4v) is 2.53. The van der Waals surface area contributed by atoms with Gasteiger partial charge in [-0.05, 0) is 47.9 Å². The second kappa shape index (κ2) is 5.93. The predicted octanol–water partition coefficient (Wildman–Crippen LogP) is 2.82. The van der Waals surface area contributed by atoms with Crippen LogP contribution in [0.2, 0.25) is 0 Å². The molecule has 3 nitrogen and oxygen atoms in total. The molecule has 1 atom stereocenters. The summed E-state index contributed by atoms with van der Waals surface area (Å²) in [6, 6.07) is 6.29. The summed E-state index contributed by atoms with van der Waals surface area (Å²) >= 11 is 6.59. The molecule has 0 aliphatic rings. The van der Waals surface area contributed by atoms with E-state index in [1.165, 1.54) is 5.56 Å². The van der Waals surface area contributed by atoms with Gasteiger partial charge < -0.3 is 11.1 Å². The minimum Gasteiger partial charge on any atom is -0.388 e. The van der Waals surface area contributed by atoms with Crippen molar-refractivity contribution >= 4 is 34.2 Å². The molecule has 0 spiro atoms. The standard InChI is InChI=1S/C13H15N3S2/c1-9(6-10-4-5-18-8-10)16-11-2-3-12(13(14)17)15-7-11/h2-5,7-9,16H,6H2,1H3,(H2,14,17). The van der Waals surface area contributed by atoms with Crippen molar-refractivity contribution in [2.45, 2.75) is 19.4 Å².